The van der Waals surface area contributed by atoms with Crippen molar-refractivity contribution < 1.29 is 4.39 Å². The van der Waals surface area contributed by atoms with E-state index in [1.165, 1.54) is 12.1 Å². The van der Waals surface area contributed by atoms with Gasteiger partial charge in [-0.1, -0.05) is 11.8 Å². The molecule has 1 aromatic carbocycles. The largest absolute Gasteiger partial charge is 0.330 e. The van der Waals surface area contributed by atoms with E-state index in [9.17, 15) is 4.39 Å². The molecule has 18 heavy (non-hydrogen) atoms. The van der Waals surface area contributed by atoms with Crippen molar-refractivity contribution in [2.75, 3.05) is 12.3 Å². The monoisotopic (exact) mass is 266 g/mol. The van der Waals surface area contributed by atoms with Gasteiger partial charge < -0.3 is 10.3 Å². The van der Waals surface area contributed by atoms with Crippen molar-refractivity contribution in [2.24, 2.45) is 12.8 Å². The quantitative estimate of drug-likeness (QED) is 0.665. The molecule has 2 rings (SSSR count). The Kier molecular flexibility index (Phi) is 4.33. The van der Waals surface area contributed by atoms with Crippen LogP contribution in [0, 0.1) is 5.82 Å². The summed E-state index contributed by atoms with van der Waals surface area (Å²) in [6, 6.07) is 6.25. The summed E-state index contributed by atoms with van der Waals surface area (Å²) in [5.41, 5.74) is 6.31. The van der Waals surface area contributed by atoms with E-state index < -0.39 is 0 Å². The van der Waals surface area contributed by atoms with Gasteiger partial charge in [0.1, 0.15) is 5.82 Å². The van der Waals surface area contributed by atoms with Crippen LogP contribution in [0.15, 0.2) is 29.4 Å². The number of rotatable bonds is 5. The predicted octanol–water partition coefficient (Wildman–Crippen LogP) is 2.06. The highest BCUT2D eigenvalue weighted by Crippen LogP contribution is 2.22. The fraction of sp³-hybridized carbons (Fsp3) is 0.333. The van der Waals surface area contributed by atoms with E-state index in [1.54, 1.807) is 23.9 Å². The van der Waals surface area contributed by atoms with Gasteiger partial charge in [-0.2, -0.15) is 0 Å². The van der Waals surface area contributed by atoms with Gasteiger partial charge in [-0.15, -0.1) is 10.2 Å². The molecule has 0 aliphatic rings. The third kappa shape index (κ3) is 2.88. The predicted molar refractivity (Wildman–Crippen MR) is 70.8 cm³/mol. The SMILES string of the molecule is Cn1c(SCCCN)nnc1-c1ccc(F)cc1. The summed E-state index contributed by atoms with van der Waals surface area (Å²) in [7, 11) is 1.91. The topological polar surface area (TPSA) is 56.7 Å². The Morgan fingerprint density at radius 1 is 1.28 bits per heavy atom. The zero-order valence-electron chi connectivity index (χ0n) is 10.1. The van der Waals surface area contributed by atoms with Gasteiger partial charge in [0.05, 0.1) is 0 Å². The summed E-state index contributed by atoms with van der Waals surface area (Å²) < 4.78 is 14.8. The number of nitrogens with zero attached hydrogens (tertiary/aromatic N) is 3. The van der Waals surface area contributed by atoms with Crippen molar-refractivity contribution in [3.05, 3.63) is 30.1 Å². The van der Waals surface area contributed by atoms with Crippen LogP contribution in [-0.4, -0.2) is 27.1 Å². The third-order valence-corrected chi connectivity index (χ3v) is 3.62. The molecule has 0 unspecified atom stereocenters. The molecule has 0 radical (unpaired) electrons. The molecular weight excluding hydrogens is 251 g/mol. The Labute approximate surface area is 109 Å². The van der Waals surface area contributed by atoms with Crippen LogP contribution < -0.4 is 5.73 Å². The number of hydrogen-bond acceptors (Lipinski definition) is 4. The molecular formula is C12H15FN4S. The van der Waals surface area contributed by atoms with Gasteiger partial charge >= 0.3 is 0 Å². The standard InChI is InChI=1S/C12H15FN4S/c1-17-11(9-3-5-10(13)6-4-9)15-16-12(17)18-8-2-7-14/h3-6H,2,7-8,14H2,1H3. The van der Waals surface area contributed by atoms with Crippen LogP contribution in [0.1, 0.15) is 6.42 Å². The van der Waals surface area contributed by atoms with E-state index in [2.05, 4.69) is 10.2 Å². The Bertz CT molecular complexity index is 509. The Morgan fingerprint density at radius 3 is 2.67 bits per heavy atom. The van der Waals surface area contributed by atoms with Gasteiger partial charge in [0, 0.05) is 18.4 Å². The first-order valence-electron chi connectivity index (χ1n) is 5.70. The molecule has 2 N–H and O–H groups in total. The van der Waals surface area contributed by atoms with E-state index >= 15 is 0 Å². The molecule has 0 amide bonds. The van der Waals surface area contributed by atoms with Crippen LogP contribution in [0.3, 0.4) is 0 Å². The normalized spacial score (nSPS) is 10.8. The molecule has 0 aliphatic heterocycles. The second kappa shape index (κ2) is 5.97. The first-order valence-corrected chi connectivity index (χ1v) is 6.69. The van der Waals surface area contributed by atoms with E-state index in [4.69, 9.17) is 5.73 Å². The van der Waals surface area contributed by atoms with Crippen LogP contribution >= 0.6 is 11.8 Å². The molecule has 96 valence electrons. The Balaban J connectivity index is 2.17. The lowest BCUT2D eigenvalue weighted by Crippen LogP contribution is -2.00. The zero-order valence-corrected chi connectivity index (χ0v) is 11.0. The molecule has 0 atom stereocenters. The van der Waals surface area contributed by atoms with Gasteiger partial charge in [-0.3, -0.25) is 0 Å². The van der Waals surface area contributed by atoms with Gasteiger partial charge in [-0.25, -0.2) is 4.39 Å². The van der Waals surface area contributed by atoms with Gasteiger partial charge in [-0.05, 0) is 37.2 Å². The minimum atomic E-state index is -0.251. The van der Waals surface area contributed by atoms with Crippen molar-refractivity contribution in [1.29, 1.82) is 0 Å². The summed E-state index contributed by atoms with van der Waals surface area (Å²) in [5.74, 6) is 1.41. The summed E-state index contributed by atoms with van der Waals surface area (Å²) in [6.45, 7) is 0.676. The second-order valence-corrected chi connectivity index (χ2v) is 4.92. The molecule has 0 fully saturated rings. The molecule has 6 heteroatoms. The lowest BCUT2D eigenvalue weighted by molar-refractivity contribution is 0.628. The smallest absolute Gasteiger partial charge is 0.191 e. The molecule has 0 saturated heterocycles. The Hall–Kier alpha value is -1.40. The van der Waals surface area contributed by atoms with E-state index in [0.717, 1.165) is 28.7 Å². The molecule has 0 saturated carbocycles. The van der Waals surface area contributed by atoms with Crippen molar-refractivity contribution in [2.45, 2.75) is 11.6 Å². The average Bonchev–Trinajstić information content (AvgIpc) is 2.73. The van der Waals surface area contributed by atoms with Crippen LogP contribution in [0.5, 0.6) is 0 Å². The first kappa shape index (κ1) is 13.0. The highest BCUT2D eigenvalue weighted by atomic mass is 32.2. The maximum absolute atomic E-state index is 12.9. The lowest BCUT2D eigenvalue weighted by Gasteiger charge is -2.03. The highest BCUT2D eigenvalue weighted by Gasteiger charge is 2.10. The highest BCUT2D eigenvalue weighted by molar-refractivity contribution is 7.99. The number of nitrogens with two attached hydrogens (primary N) is 1. The van der Waals surface area contributed by atoms with Crippen molar-refractivity contribution >= 4 is 11.8 Å². The lowest BCUT2D eigenvalue weighted by atomic mass is 10.2. The maximum Gasteiger partial charge on any atom is 0.191 e. The summed E-state index contributed by atoms with van der Waals surface area (Å²) in [4.78, 5) is 0. The van der Waals surface area contributed by atoms with Crippen LogP contribution in [-0.2, 0) is 7.05 Å². The number of benzene rings is 1. The van der Waals surface area contributed by atoms with E-state index in [-0.39, 0.29) is 5.82 Å². The van der Waals surface area contributed by atoms with Crippen molar-refractivity contribution in [1.82, 2.24) is 14.8 Å². The van der Waals surface area contributed by atoms with Crippen LogP contribution in [0.4, 0.5) is 4.39 Å². The van der Waals surface area contributed by atoms with Crippen LogP contribution in [0.25, 0.3) is 11.4 Å². The molecule has 1 aromatic heterocycles. The second-order valence-electron chi connectivity index (χ2n) is 3.86. The number of aromatic nitrogens is 3. The molecule has 0 bridgehead atoms. The summed E-state index contributed by atoms with van der Waals surface area (Å²) in [5, 5.41) is 9.11. The minimum absolute atomic E-state index is 0.251. The minimum Gasteiger partial charge on any atom is -0.330 e. The molecule has 4 nitrogen and oxygen atoms in total. The summed E-state index contributed by atoms with van der Waals surface area (Å²) >= 11 is 1.63. The number of halogens is 1. The van der Waals surface area contributed by atoms with Crippen molar-refractivity contribution in [3.8, 4) is 11.4 Å². The zero-order chi connectivity index (χ0) is 13.0. The Morgan fingerprint density at radius 2 is 2.00 bits per heavy atom. The molecule has 0 aliphatic carbocycles. The molecule has 1 heterocycles. The average molecular weight is 266 g/mol. The summed E-state index contributed by atoms with van der Waals surface area (Å²) in [6.07, 6.45) is 0.948. The molecule has 2 aromatic rings. The van der Waals surface area contributed by atoms with E-state index in [0.29, 0.717) is 6.54 Å². The van der Waals surface area contributed by atoms with Gasteiger partial charge in [0.2, 0.25) is 0 Å². The van der Waals surface area contributed by atoms with E-state index in [1.807, 2.05) is 11.6 Å². The van der Waals surface area contributed by atoms with Gasteiger partial charge in [0.25, 0.3) is 0 Å². The first-order chi connectivity index (χ1) is 8.72. The fourth-order valence-electron chi connectivity index (χ4n) is 1.54. The third-order valence-electron chi connectivity index (χ3n) is 2.52. The van der Waals surface area contributed by atoms with Gasteiger partial charge in [0.15, 0.2) is 11.0 Å². The van der Waals surface area contributed by atoms with Crippen molar-refractivity contribution in [3.63, 3.8) is 0 Å². The number of hydrogen-bond donors (Lipinski definition) is 1. The fourth-order valence-corrected chi connectivity index (χ4v) is 2.41. The molecule has 0 spiro atoms. The number of thioether (sulfide) groups is 1. The maximum atomic E-state index is 12.9. The van der Waals surface area contributed by atoms with Crippen LogP contribution in [0.2, 0.25) is 0 Å².